The summed E-state index contributed by atoms with van der Waals surface area (Å²) in [5.41, 5.74) is 5.14. The van der Waals surface area contributed by atoms with E-state index in [1.807, 2.05) is 6.07 Å². The number of ether oxygens (including phenoxy) is 1. The van der Waals surface area contributed by atoms with E-state index in [0.717, 1.165) is 5.75 Å². The predicted molar refractivity (Wildman–Crippen MR) is 143 cm³/mol. The van der Waals surface area contributed by atoms with Gasteiger partial charge >= 0.3 is 0 Å². The van der Waals surface area contributed by atoms with Crippen molar-refractivity contribution in [2.45, 2.75) is 59.0 Å². The lowest BCUT2D eigenvalue weighted by atomic mass is 9.80. The number of anilines is 1. The third kappa shape index (κ3) is 5.93. The second-order valence-electron chi connectivity index (χ2n) is 10.7. The first kappa shape index (κ1) is 24.3. The molecule has 0 saturated heterocycles. The number of hydrogen-bond donors (Lipinski definition) is 0. The number of para-hydroxylation sites is 1. The molecule has 0 spiro atoms. The Bertz CT molecular complexity index is 1040. The summed E-state index contributed by atoms with van der Waals surface area (Å²) >= 11 is 0. The standard InChI is InChI=1S/C29H38NOP/c1-28(2,3)22-18-23(29(4,5)6)27(31-20-21-14-10-9-11-15-21)26(19-22)32-25-17-13-12-16-24(25)30(7)8/h9-19,32H,20H2,1-8H3. The Morgan fingerprint density at radius 1 is 0.750 bits per heavy atom. The van der Waals surface area contributed by atoms with Crippen molar-refractivity contribution in [2.75, 3.05) is 19.0 Å². The van der Waals surface area contributed by atoms with E-state index in [1.54, 1.807) is 0 Å². The molecule has 0 aliphatic heterocycles. The highest BCUT2D eigenvalue weighted by Gasteiger charge is 2.26. The summed E-state index contributed by atoms with van der Waals surface area (Å²) in [4.78, 5) is 2.20. The van der Waals surface area contributed by atoms with Crippen molar-refractivity contribution in [2.24, 2.45) is 0 Å². The summed E-state index contributed by atoms with van der Waals surface area (Å²) in [6.45, 7) is 14.3. The van der Waals surface area contributed by atoms with Gasteiger partial charge in [-0.3, -0.25) is 0 Å². The average molecular weight is 448 g/mol. The quantitative estimate of drug-likeness (QED) is 0.397. The van der Waals surface area contributed by atoms with Crippen molar-refractivity contribution in [3.63, 3.8) is 0 Å². The van der Waals surface area contributed by atoms with Crippen molar-refractivity contribution in [3.8, 4) is 5.75 Å². The SMILES string of the molecule is CN(C)c1ccccc1Pc1cc(C(C)(C)C)cc(C(C)(C)C)c1OCc1ccccc1. The van der Waals surface area contributed by atoms with Crippen LogP contribution in [0.2, 0.25) is 0 Å². The van der Waals surface area contributed by atoms with Gasteiger partial charge in [-0.05, 0) is 34.1 Å². The first-order valence-corrected chi connectivity index (χ1v) is 12.4. The molecule has 3 rings (SSSR count). The van der Waals surface area contributed by atoms with Crippen LogP contribution < -0.4 is 20.2 Å². The van der Waals surface area contributed by atoms with Gasteiger partial charge in [-0.15, -0.1) is 0 Å². The molecular formula is C29H38NOP. The van der Waals surface area contributed by atoms with E-state index in [-0.39, 0.29) is 10.8 Å². The molecule has 3 heteroatoms. The van der Waals surface area contributed by atoms with Crippen molar-refractivity contribution < 1.29 is 4.74 Å². The fourth-order valence-electron chi connectivity index (χ4n) is 3.71. The largest absolute Gasteiger partial charge is 0.488 e. The van der Waals surface area contributed by atoms with E-state index in [1.165, 1.54) is 33.0 Å². The summed E-state index contributed by atoms with van der Waals surface area (Å²) < 4.78 is 6.61. The van der Waals surface area contributed by atoms with Gasteiger partial charge < -0.3 is 9.64 Å². The molecule has 0 aromatic heterocycles. The highest BCUT2D eigenvalue weighted by atomic mass is 31.1. The normalized spacial score (nSPS) is 12.4. The maximum Gasteiger partial charge on any atom is 0.131 e. The minimum absolute atomic E-state index is 0.0203. The maximum atomic E-state index is 6.61. The van der Waals surface area contributed by atoms with Gasteiger partial charge in [0, 0.05) is 36.0 Å². The van der Waals surface area contributed by atoms with Crippen LogP contribution in [0.5, 0.6) is 5.75 Å². The number of hydrogen-bond acceptors (Lipinski definition) is 2. The molecular weight excluding hydrogens is 409 g/mol. The van der Waals surface area contributed by atoms with Crippen molar-refractivity contribution in [3.05, 3.63) is 83.4 Å². The molecule has 1 atom stereocenters. The molecule has 170 valence electrons. The van der Waals surface area contributed by atoms with Crippen LogP contribution in [0.15, 0.2) is 66.7 Å². The fraction of sp³-hybridized carbons (Fsp3) is 0.379. The highest BCUT2D eigenvalue weighted by molar-refractivity contribution is 7.56. The molecule has 0 aliphatic carbocycles. The summed E-state index contributed by atoms with van der Waals surface area (Å²) in [6.07, 6.45) is 0. The van der Waals surface area contributed by atoms with E-state index in [0.29, 0.717) is 15.2 Å². The molecule has 0 amide bonds. The molecule has 2 nitrogen and oxygen atoms in total. The van der Waals surface area contributed by atoms with Gasteiger partial charge in [-0.2, -0.15) is 0 Å². The second-order valence-corrected chi connectivity index (χ2v) is 12.0. The van der Waals surface area contributed by atoms with Gasteiger partial charge in [0.2, 0.25) is 0 Å². The van der Waals surface area contributed by atoms with E-state index < -0.39 is 0 Å². The van der Waals surface area contributed by atoms with Crippen LogP contribution >= 0.6 is 8.58 Å². The monoisotopic (exact) mass is 447 g/mol. The molecule has 0 saturated carbocycles. The first-order chi connectivity index (χ1) is 15.0. The van der Waals surface area contributed by atoms with E-state index in [9.17, 15) is 0 Å². The minimum Gasteiger partial charge on any atom is -0.488 e. The van der Waals surface area contributed by atoms with Crippen LogP contribution in [-0.2, 0) is 17.4 Å². The van der Waals surface area contributed by atoms with Gasteiger partial charge in [-0.25, -0.2) is 0 Å². The molecule has 0 aliphatic rings. The van der Waals surface area contributed by atoms with Crippen LogP contribution in [0.3, 0.4) is 0 Å². The fourth-order valence-corrected chi connectivity index (χ4v) is 5.16. The molecule has 0 fully saturated rings. The van der Waals surface area contributed by atoms with Gasteiger partial charge in [0.1, 0.15) is 12.4 Å². The molecule has 32 heavy (non-hydrogen) atoms. The number of rotatable bonds is 6. The third-order valence-electron chi connectivity index (χ3n) is 5.64. The Balaban J connectivity index is 2.15. The summed E-state index contributed by atoms with van der Waals surface area (Å²) in [6, 6.07) is 23.9. The Kier molecular flexibility index (Phi) is 7.36. The zero-order chi connectivity index (χ0) is 23.5. The van der Waals surface area contributed by atoms with E-state index >= 15 is 0 Å². The van der Waals surface area contributed by atoms with Gasteiger partial charge in [-0.1, -0.05) is 105 Å². The Morgan fingerprint density at radius 2 is 1.38 bits per heavy atom. The highest BCUT2D eigenvalue weighted by Crippen LogP contribution is 2.38. The van der Waals surface area contributed by atoms with Gasteiger partial charge in [0.15, 0.2) is 0 Å². The van der Waals surface area contributed by atoms with Crippen LogP contribution in [0.1, 0.15) is 58.2 Å². The first-order valence-electron chi connectivity index (χ1n) is 11.4. The smallest absolute Gasteiger partial charge is 0.131 e. The Morgan fingerprint density at radius 3 is 1.97 bits per heavy atom. The number of nitrogens with zero attached hydrogens (tertiary/aromatic N) is 1. The molecule has 3 aromatic carbocycles. The number of benzene rings is 3. The Hall–Kier alpha value is -2.31. The van der Waals surface area contributed by atoms with Gasteiger partial charge in [0.25, 0.3) is 0 Å². The van der Waals surface area contributed by atoms with Gasteiger partial charge in [0.05, 0.1) is 0 Å². The lowest BCUT2D eigenvalue weighted by Gasteiger charge is -2.30. The van der Waals surface area contributed by atoms with E-state index in [2.05, 4.69) is 121 Å². The van der Waals surface area contributed by atoms with Crippen molar-refractivity contribution >= 4 is 24.9 Å². The predicted octanol–water partition coefficient (Wildman–Crippen LogP) is 6.56. The third-order valence-corrected chi connectivity index (χ3v) is 6.98. The van der Waals surface area contributed by atoms with Crippen LogP contribution in [0.25, 0.3) is 0 Å². The van der Waals surface area contributed by atoms with Crippen LogP contribution in [0.4, 0.5) is 5.69 Å². The average Bonchev–Trinajstić information content (AvgIpc) is 2.72. The molecule has 3 aromatic rings. The summed E-state index contributed by atoms with van der Waals surface area (Å²) in [7, 11) is 4.75. The Labute approximate surface area is 196 Å². The summed E-state index contributed by atoms with van der Waals surface area (Å²) in [5.74, 6) is 1.04. The molecule has 1 unspecified atom stereocenters. The topological polar surface area (TPSA) is 12.5 Å². The molecule has 0 heterocycles. The molecule has 0 radical (unpaired) electrons. The van der Waals surface area contributed by atoms with E-state index in [4.69, 9.17) is 4.74 Å². The zero-order valence-electron chi connectivity index (χ0n) is 20.9. The maximum absolute atomic E-state index is 6.61. The van der Waals surface area contributed by atoms with Crippen molar-refractivity contribution in [1.29, 1.82) is 0 Å². The van der Waals surface area contributed by atoms with Crippen LogP contribution in [-0.4, -0.2) is 14.1 Å². The zero-order valence-corrected chi connectivity index (χ0v) is 21.9. The van der Waals surface area contributed by atoms with Crippen molar-refractivity contribution in [1.82, 2.24) is 0 Å². The van der Waals surface area contributed by atoms with Crippen LogP contribution in [0, 0.1) is 0 Å². The molecule has 0 N–H and O–H groups in total. The molecule has 0 bridgehead atoms. The lowest BCUT2D eigenvalue weighted by Crippen LogP contribution is -2.24. The lowest BCUT2D eigenvalue weighted by molar-refractivity contribution is 0.300. The second kappa shape index (κ2) is 9.67. The minimum atomic E-state index is -0.0203. The summed E-state index contributed by atoms with van der Waals surface area (Å²) in [5, 5.41) is 2.63.